The maximum Gasteiger partial charge on any atom is 0.243 e. The highest BCUT2D eigenvalue weighted by atomic mass is 32.2. The van der Waals surface area contributed by atoms with Crippen LogP contribution < -0.4 is 15.2 Å². The largest absolute Gasteiger partial charge is 0.492 e. The fourth-order valence-corrected chi connectivity index (χ4v) is 2.53. The Morgan fingerprint density at radius 1 is 1.35 bits per heavy atom. The van der Waals surface area contributed by atoms with Crippen LogP contribution in [0.15, 0.2) is 41.6 Å². The number of nitrogens with one attached hydrogen (secondary N) is 1. The van der Waals surface area contributed by atoms with Crippen LogP contribution in [0.5, 0.6) is 5.75 Å². The van der Waals surface area contributed by atoms with Crippen LogP contribution in [0, 0.1) is 0 Å². The number of ether oxygens (including phenoxy) is 1. The van der Waals surface area contributed by atoms with Gasteiger partial charge in [-0.2, -0.15) is 5.10 Å². The highest BCUT2D eigenvalue weighted by Crippen LogP contribution is 2.12. The summed E-state index contributed by atoms with van der Waals surface area (Å²) < 4.78 is 33.0. The lowest BCUT2D eigenvalue weighted by atomic mass is 10.3. The van der Waals surface area contributed by atoms with E-state index < -0.39 is 10.0 Å². The second-order valence-electron chi connectivity index (χ2n) is 4.16. The third kappa shape index (κ3) is 3.72. The molecule has 0 aliphatic rings. The third-order valence-electron chi connectivity index (χ3n) is 2.53. The molecular weight excluding hydrogens is 280 g/mol. The molecule has 0 spiro atoms. The molecule has 0 amide bonds. The second-order valence-corrected chi connectivity index (χ2v) is 5.93. The Morgan fingerprint density at radius 2 is 2.05 bits per heavy atom. The molecule has 20 heavy (non-hydrogen) atoms. The van der Waals surface area contributed by atoms with Crippen LogP contribution in [0.1, 0.15) is 0 Å². The van der Waals surface area contributed by atoms with Crippen molar-refractivity contribution >= 4 is 15.7 Å². The Bertz CT molecular complexity index is 664. The van der Waals surface area contributed by atoms with E-state index in [2.05, 4.69) is 9.82 Å². The molecule has 0 unspecified atom stereocenters. The topological polar surface area (TPSA) is 99.2 Å². The van der Waals surface area contributed by atoms with E-state index >= 15 is 0 Å². The summed E-state index contributed by atoms with van der Waals surface area (Å²) in [5, 5.41) is 3.82. The van der Waals surface area contributed by atoms with Gasteiger partial charge in [0, 0.05) is 25.5 Å². The summed E-state index contributed by atoms with van der Waals surface area (Å²) in [6.45, 7) is 0.394. The van der Waals surface area contributed by atoms with Gasteiger partial charge in [-0.1, -0.05) is 0 Å². The third-order valence-corrected chi connectivity index (χ3v) is 3.95. The Hall–Kier alpha value is -2.06. The molecule has 0 aliphatic heterocycles. The molecule has 0 saturated carbocycles. The summed E-state index contributed by atoms with van der Waals surface area (Å²) >= 11 is 0. The SMILES string of the molecule is Cn1cc(S(=O)(=O)NCCOc2ccc(N)cc2)cn1. The standard InChI is InChI=1S/C12H16N4O3S/c1-16-9-12(8-14-16)20(17,18)15-6-7-19-11-4-2-10(13)3-5-11/h2-5,8-9,15H,6-7,13H2,1H3. The molecule has 108 valence electrons. The summed E-state index contributed by atoms with van der Waals surface area (Å²) in [5.41, 5.74) is 6.20. The normalized spacial score (nSPS) is 11.4. The summed E-state index contributed by atoms with van der Waals surface area (Å²) in [4.78, 5) is 0.132. The van der Waals surface area contributed by atoms with E-state index in [0.717, 1.165) is 0 Å². The number of anilines is 1. The summed E-state index contributed by atoms with van der Waals surface area (Å²) in [5.74, 6) is 0.639. The van der Waals surface area contributed by atoms with Gasteiger partial charge < -0.3 is 10.5 Å². The first-order valence-corrected chi connectivity index (χ1v) is 7.42. The van der Waals surface area contributed by atoms with Crippen LogP contribution in [0.25, 0.3) is 0 Å². The molecule has 0 fully saturated rings. The van der Waals surface area contributed by atoms with Gasteiger partial charge in [0.2, 0.25) is 10.0 Å². The number of hydrogen-bond donors (Lipinski definition) is 2. The first-order chi connectivity index (χ1) is 9.47. The fraction of sp³-hybridized carbons (Fsp3) is 0.250. The maximum atomic E-state index is 11.9. The molecule has 7 nitrogen and oxygen atoms in total. The van der Waals surface area contributed by atoms with Gasteiger partial charge in [-0.25, -0.2) is 13.1 Å². The predicted molar refractivity (Wildman–Crippen MR) is 74.7 cm³/mol. The van der Waals surface area contributed by atoms with E-state index in [9.17, 15) is 8.42 Å². The first-order valence-electron chi connectivity index (χ1n) is 5.94. The Morgan fingerprint density at radius 3 is 2.65 bits per heavy atom. The predicted octanol–water partition coefficient (Wildman–Crippen LogP) is 0.360. The van der Waals surface area contributed by atoms with Crippen molar-refractivity contribution in [2.24, 2.45) is 7.05 Å². The van der Waals surface area contributed by atoms with Crippen LogP contribution in [-0.4, -0.2) is 31.3 Å². The molecule has 0 saturated heterocycles. The van der Waals surface area contributed by atoms with Crippen molar-refractivity contribution in [3.8, 4) is 5.75 Å². The maximum absolute atomic E-state index is 11.9. The summed E-state index contributed by atoms with van der Waals surface area (Å²) in [7, 11) is -1.88. The second kappa shape index (κ2) is 5.93. The Labute approximate surface area is 117 Å². The lowest BCUT2D eigenvalue weighted by Gasteiger charge is -2.07. The van der Waals surface area contributed by atoms with Gasteiger partial charge in [0.15, 0.2) is 0 Å². The number of aromatic nitrogens is 2. The zero-order valence-electron chi connectivity index (χ0n) is 11.0. The van der Waals surface area contributed by atoms with Gasteiger partial charge in [0.05, 0.1) is 6.20 Å². The summed E-state index contributed by atoms with van der Waals surface area (Å²) in [6, 6.07) is 6.89. The van der Waals surface area contributed by atoms with E-state index in [4.69, 9.17) is 10.5 Å². The van der Waals surface area contributed by atoms with Crippen molar-refractivity contribution < 1.29 is 13.2 Å². The van der Waals surface area contributed by atoms with E-state index in [1.165, 1.54) is 17.1 Å². The number of nitrogens with two attached hydrogens (primary N) is 1. The van der Waals surface area contributed by atoms with Gasteiger partial charge in [-0.3, -0.25) is 4.68 Å². The van der Waals surface area contributed by atoms with Crippen LogP contribution in [0.4, 0.5) is 5.69 Å². The van der Waals surface area contributed by atoms with Crippen LogP contribution >= 0.6 is 0 Å². The molecule has 1 aromatic carbocycles. The average Bonchev–Trinajstić information content (AvgIpc) is 2.84. The molecule has 0 aliphatic carbocycles. The Balaban J connectivity index is 1.82. The van der Waals surface area contributed by atoms with Gasteiger partial charge in [0.25, 0.3) is 0 Å². The van der Waals surface area contributed by atoms with Crippen molar-refractivity contribution in [3.05, 3.63) is 36.7 Å². The van der Waals surface area contributed by atoms with E-state index in [-0.39, 0.29) is 18.0 Å². The molecule has 8 heteroatoms. The van der Waals surface area contributed by atoms with Crippen molar-refractivity contribution in [3.63, 3.8) is 0 Å². The monoisotopic (exact) mass is 296 g/mol. The number of nitrogens with zero attached hydrogens (tertiary/aromatic N) is 2. The molecule has 0 bridgehead atoms. The highest BCUT2D eigenvalue weighted by Gasteiger charge is 2.15. The van der Waals surface area contributed by atoms with Gasteiger partial charge in [-0.15, -0.1) is 0 Å². The molecule has 2 aromatic rings. The first kappa shape index (κ1) is 14.4. The quantitative estimate of drug-likeness (QED) is 0.592. The zero-order chi connectivity index (χ0) is 14.6. The van der Waals surface area contributed by atoms with Crippen molar-refractivity contribution in [2.75, 3.05) is 18.9 Å². The number of aryl methyl sites for hydroxylation is 1. The van der Waals surface area contributed by atoms with Crippen molar-refractivity contribution in [1.82, 2.24) is 14.5 Å². The smallest absolute Gasteiger partial charge is 0.243 e. The fourth-order valence-electron chi connectivity index (χ4n) is 1.53. The number of nitrogen functional groups attached to an aromatic ring is 1. The average molecular weight is 296 g/mol. The lowest BCUT2D eigenvalue weighted by molar-refractivity contribution is 0.323. The zero-order valence-corrected chi connectivity index (χ0v) is 11.8. The highest BCUT2D eigenvalue weighted by molar-refractivity contribution is 7.89. The lowest BCUT2D eigenvalue weighted by Crippen LogP contribution is -2.28. The molecule has 0 atom stereocenters. The number of hydrogen-bond acceptors (Lipinski definition) is 5. The molecule has 1 heterocycles. The van der Waals surface area contributed by atoms with Crippen LogP contribution in [0.3, 0.4) is 0 Å². The minimum atomic E-state index is -3.53. The number of benzene rings is 1. The van der Waals surface area contributed by atoms with Gasteiger partial charge in [0.1, 0.15) is 17.3 Å². The van der Waals surface area contributed by atoms with E-state index in [1.807, 2.05) is 0 Å². The molecular formula is C12H16N4O3S. The van der Waals surface area contributed by atoms with Gasteiger partial charge in [-0.05, 0) is 24.3 Å². The summed E-state index contributed by atoms with van der Waals surface area (Å²) in [6.07, 6.45) is 2.73. The van der Waals surface area contributed by atoms with Crippen LogP contribution in [-0.2, 0) is 17.1 Å². The van der Waals surface area contributed by atoms with Crippen molar-refractivity contribution in [1.29, 1.82) is 0 Å². The van der Waals surface area contributed by atoms with E-state index in [1.54, 1.807) is 31.3 Å². The molecule has 3 N–H and O–H groups in total. The van der Waals surface area contributed by atoms with Crippen LogP contribution in [0.2, 0.25) is 0 Å². The minimum Gasteiger partial charge on any atom is -0.492 e. The Kier molecular flexibility index (Phi) is 4.26. The minimum absolute atomic E-state index is 0.132. The van der Waals surface area contributed by atoms with Gasteiger partial charge >= 0.3 is 0 Å². The molecule has 0 radical (unpaired) electrons. The van der Waals surface area contributed by atoms with Crippen molar-refractivity contribution in [2.45, 2.75) is 4.90 Å². The number of rotatable bonds is 6. The molecule has 2 rings (SSSR count). The molecule has 1 aromatic heterocycles. The number of sulfonamides is 1. The van der Waals surface area contributed by atoms with E-state index in [0.29, 0.717) is 11.4 Å².